The number of anilines is 1. The van der Waals surface area contributed by atoms with Crippen molar-refractivity contribution in [2.75, 3.05) is 17.6 Å². The van der Waals surface area contributed by atoms with Gasteiger partial charge in [-0.2, -0.15) is 0 Å². The molecule has 10 nitrogen and oxygen atoms in total. The number of carbonyl (C=O) groups excluding carboxylic acids is 3. The summed E-state index contributed by atoms with van der Waals surface area (Å²) >= 11 is 1.22. The number of hydrogen-bond donors (Lipinski definition) is 3. The summed E-state index contributed by atoms with van der Waals surface area (Å²) in [6.07, 6.45) is 0. The van der Waals surface area contributed by atoms with E-state index in [9.17, 15) is 14.4 Å². The second kappa shape index (κ2) is 9.67. The molecule has 3 N–H and O–H groups in total. The van der Waals surface area contributed by atoms with E-state index in [4.69, 9.17) is 0 Å². The summed E-state index contributed by atoms with van der Waals surface area (Å²) in [5, 5.41) is 19.5. The fourth-order valence-electron chi connectivity index (χ4n) is 2.05. The zero-order chi connectivity index (χ0) is 19.8. The first kappa shape index (κ1) is 20.4. The lowest BCUT2D eigenvalue weighted by atomic mass is 10.1. The summed E-state index contributed by atoms with van der Waals surface area (Å²) in [4.78, 5) is 35.8. The number of thioether (sulfide) groups is 1. The van der Waals surface area contributed by atoms with Crippen molar-refractivity contribution < 1.29 is 14.4 Å². The van der Waals surface area contributed by atoms with Gasteiger partial charge in [0.2, 0.25) is 17.0 Å². The van der Waals surface area contributed by atoms with E-state index < -0.39 is 6.04 Å². The van der Waals surface area contributed by atoms with Crippen LogP contribution in [0.4, 0.5) is 5.69 Å². The average molecular weight is 391 g/mol. The number of nitrogens with zero attached hydrogens (tertiary/aromatic N) is 4. The SMILES string of the molecule is CCNC(=O)C(C)NC(=O)c1ccc(NC(=O)CSc2nnnn2C)cc1. The molecule has 0 aliphatic rings. The van der Waals surface area contributed by atoms with E-state index in [0.29, 0.717) is 23.0 Å². The molecule has 1 atom stereocenters. The Balaban J connectivity index is 1.85. The molecule has 11 heteroatoms. The van der Waals surface area contributed by atoms with Crippen molar-refractivity contribution in [2.45, 2.75) is 25.0 Å². The first-order chi connectivity index (χ1) is 12.9. The number of amides is 3. The van der Waals surface area contributed by atoms with Gasteiger partial charge in [0.1, 0.15) is 6.04 Å². The van der Waals surface area contributed by atoms with Crippen molar-refractivity contribution >= 4 is 35.2 Å². The lowest BCUT2D eigenvalue weighted by Gasteiger charge is -2.13. The van der Waals surface area contributed by atoms with Gasteiger partial charge in [-0.25, -0.2) is 4.68 Å². The maximum atomic E-state index is 12.2. The van der Waals surface area contributed by atoms with Crippen LogP contribution in [-0.4, -0.2) is 56.3 Å². The third-order valence-electron chi connectivity index (χ3n) is 3.44. The Hall–Kier alpha value is -2.95. The number of nitrogens with one attached hydrogen (secondary N) is 3. The average Bonchev–Trinajstić information content (AvgIpc) is 3.05. The van der Waals surface area contributed by atoms with Crippen LogP contribution < -0.4 is 16.0 Å². The number of likely N-dealkylation sites (N-methyl/N-ethyl adjacent to an activating group) is 1. The van der Waals surface area contributed by atoms with Crippen LogP contribution in [0.15, 0.2) is 29.4 Å². The van der Waals surface area contributed by atoms with Gasteiger partial charge in [0.15, 0.2) is 0 Å². The third kappa shape index (κ3) is 6.06. The Morgan fingerprint density at radius 2 is 1.93 bits per heavy atom. The highest BCUT2D eigenvalue weighted by atomic mass is 32.2. The Morgan fingerprint density at radius 1 is 1.22 bits per heavy atom. The summed E-state index contributed by atoms with van der Waals surface area (Å²) in [6, 6.07) is 5.77. The first-order valence-electron chi connectivity index (χ1n) is 8.24. The molecule has 1 aromatic carbocycles. The highest BCUT2D eigenvalue weighted by molar-refractivity contribution is 7.99. The number of rotatable bonds is 8. The molecule has 0 saturated heterocycles. The Labute approximate surface area is 160 Å². The largest absolute Gasteiger partial charge is 0.355 e. The van der Waals surface area contributed by atoms with Gasteiger partial charge in [0.25, 0.3) is 5.91 Å². The molecule has 0 bridgehead atoms. The van der Waals surface area contributed by atoms with E-state index in [1.807, 2.05) is 6.92 Å². The maximum absolute atomic E-state index is 12.2. The summed E-state index contributed by atoms with van der Waals surface area (Å²) < 4.78 is 1.48. The van der Waals surface area contributed by atoms with Gasteiger partial charge >= 0.3 is 0 Å². The summed E-state index contributed by atoms with van der Waals surface area (Å²) in [5.74, 6) is -0.673. The van der Waals surface area contributed by atoms with Crippen molar-refractivity contribution in [1.29, 1.82) is 0 Å². The number of hydrogen-bond acceptors (Lipinski definition) is 7. The second-order valence-electron chi connectivity index (χ2n) is 5.59. The minimum absolute atomic E-state index is 0.153. The number of aromatic nitrogens is 4. The van der Waals surface area contributed by atoms with E-state index >= 15 is 0 Å². The van der Waals surface area contributed by atoms with Gasteiger partial charge in [0.05, 0.1) is 5.75 Å². The standard InChI is InChI=1S/C16H21N7O3S/c1-4-17-14(25)10(2)18-15(26)11-5-7-12(8-6-11)19-13(24)9-27-16-20-21-22-23(16)3/h5-8,10H,4,9H2,1-3H3,(H,17,25)(H,18,26)(H,19,24). The molecule has 0 radical (unpaired) electrons. The number of tetrazole rings is 1. The Morgan fingerprint density at radius 3 is 2.52 bits per heavy atom. The normalized spacial score (nSPS) is 11.5. The van der Waals surface area contributed by atoms with Gasteiger partial charge in [-0.15, -0.1) is 5.10 Å². The fraction of sp³-hybridized carbons (Fsp3) is 0.375. The minimum Gasteiger partial charge on any atom is -0.355 e. The van der Waals surface area contributed by atoms with E-state index in [0.717, 1.165) is 0 Å². The van der Waals surface area contributed by atoms with Crippen LogP contribution >= 0.6 is 11.8 Å². The smallest absolute Gasteiger partial charge is 0.251 e. The van der Waals surface area contributed by atoms with Crippen molar-refractivity contribution in [3.05, 3.63) is 29.8 Å². The fourth-order valence-corrected chi connectivity index (χ4v) is 2.70. The number of benzene rings is 1. The van der Waals surface area contributed by atoms with Gasteiger partial charge < -0.3 is 16.0 Å². The predicted molar refractivity (Wildman–Crippen MR) is 100 cm³/mol. The quantitative estimate of drug-likeness (QED) is 0.548. The summed E-state index contributed by atoms with van der Waals surface area (Å²) in [6.45, 7) is 3.92. The molecule has 0 aliphatic carbocycles. The predicted octanol–water partition coefficient (Wildman–Crippen LogP) is 0.195. The molecule has 2 rings (SSSR count). The van der Waals surface area contributed by atoms with E-state index in [-0.39, 0.29) is 23.5 Å². The van der Waals surface area contributed by atoms with Crippen molar-refractivity contribution in [2.24, 2.45) is 7.05 Å². The molecular formula is C16H21N7O3S. The van der Waals surface area contributed by atoms with E-state index in [1.54, 1.807) is 38.2 Å². The lowest BCUT2D eigenvalue weighted by Crippen LogP contribution is -2.44. The molecular weight excluding hydrogens is 370 g/mol. The van der Waals surface area contributed by atoms with Gasteiger partial charge in [-0.1, -0.05) is 11.8 Å². The Bertz CT molecular complexity index is 807. The Kier molecular flexibility index (Phi) is 7.29. The third-order valence-corrected chi connectivity index (χ3v) is 4.45. The molecule has 0 aliphatic heterocycles. The monoisotopic (exact) mass is 391 g/mol. The zero-order valence-electron chi connectivity index (χ0n) is 15.2. The molecule has 2 aromatic rings. The molecule has 27 heavy (non-hydrogen) atoms. The topological polar surface area (TPSA) is 131 Å². The van der Waals surface area contributed by atoms with Gasteiger partial charge in [-0.3, -0.25) is 14.4 Å². The van der Waals surface area contributed by atoms with Crippen LogP contribution in [0.5, 0.6) is 0 Å². The molecule has 1 aromatic heterocycles. The van der Waals surface area contributed by atoms with Gasteiger partial charge in [-0.05, 0) is 48.5 Å². The molecule has 144 valence electrons. The molecule has 1 heterocycles. The molecule has 0 fully saturated rings. The first-order valence-corrected chi connectivity index (χ1v) is 9.23. The highest BCUT2D eigenvalue weighted by Crippen LogP contribution is 2.14. The molecule has 1 unspecified atom stereocenters. The van der Waals surface area contributed by atoms with Crippen LogP contribution in [0, 0.1) is 0 Å². The molecule has 3 amide bonds. The van der Waals surface area contributed by atoms with Crippen LogP contribution in [0.1, 0.15) is 24.2 Å². The second-order valence-corrected chi connectivity index (χ2v) is 6.53. The van der Waals surface area contributed by atoms with Crippen LogP contribution in [0.3, 0.4) is 0 Å². The maximum Gasteiger partial charge on any atom is 0.251 e. The highest BCUT2D eigenvalue weighted by Gasteiger charge is 2.16. The van der Waals surface area contributed by atoms with Crippen LogP contribution in [0.2, 0.25) is 0 Å². The van der Waals surface area contributed by atoms with Crippen molar-refractivity contribution in [3.8, 4) is 0 Å². The lowest BCUT2D eigenvalue weighted by molar-refractivity contribution is -0.122. The van der Waals surface area contributed by atoms with E-state index in [1.165, 1.54) is 16.4 Å². The number of carbonyl (C=O) groups is 3. The summed E-state index contributed by atoms with van der Waals surface area (Å²) in [7, 11) is 1.69. The van der Waals surface area contributed by atoms with E-state index in [2.05, 4.69) is 31.5 Å². The zero-order valence-corrected chi connectivity index (χ0v) is 16.0. The number of aryl methyl sites for hydroxylation is 1. The molecule has 0 spiro atoms. The minimum atomic E-state index is -0.635. The van der Waals surface area contributed by atoms with Crippen LogP contribution in [0.25, 0.3) is 0 Å². The molecule has 0 saturated carbocycles. The van der Waals surface area contributed by atoms with Crippen LogP contribution in [-0.2, 0) is 16.6 Å². The summed E-state index contributed by atoms with van der Waals surface area (Å²) in [5.41, 5.74) is 0.952. The van der Waals surface area contributed by atoms with Crippen molar-refractivity contribution in [1.82, 2.24) is 30.8 Å². The van der Waals surface area contributed by atoms with Gasteiger partial charge in [0, 0.05) is 24.8 Å². The van der Waals surface area contributed by atoms with Crippen molar-refractivity contribution in [3.63, 3.8) is 0 Å².